The maximum absolute atomic E-state index is 13.1. The molecule has 0 saturated heterocycles. The zero-order chi connectivity index (χ0) is 14.7. The van der Waals surface area contributed by atoms with Crippen LogP contribution in [0.4, 0.5) is 21.6 Å². The van der Waals surface area contributed by atoms with E-state index in [1.165, 1.54) is 24.5 Å². The van der Waals surface area contributed by atoms with Crippen LogP contribution in [0.1, 0.15) is 13.8 Å². The smallest absolute Gasteiger partial charge is 0.242 e. The Bertz CT molecular complexity index is 621. The summed E-state index contributed by atoms with van der Waals surface area (Å²) in [5.74, 6) is 0.181. The van der Waals surface area contributed by atoms with Gasteiger partial charge in [0.2, 0.25) is 5.88 Å². The number of nitrogens with one attached hydrogen (secondary N) is 1. The van der Waals surface area contributed by atoms with Crippen LogP contribution in [0, 0.1) is 5.82 Å². The Labute approximate surface area is 120 Å². The number of benzene rings is 1. The number of nitrogens with zero attached hydrogens (tertiary/aromatic N) is 2. The molecule has 0 radical (unpaired) electrons. The Kier molecular flexibility index (Phi) is 4.24. The van der Waals surface area contributed by atoms with Crippen LogP contribution >= 0.6 is 11.6 Å². The highest BCUT2D eigenvalue weighted by atomic mass is 35.5. The molecule has 0 saturated carbocycles. The number of nitrogens with two attached hydrogens (primary N) is 1. The number of nitrogen functional groups attached to an aromatic ring is 1. The van der Waals surface area contributed by atoms with Crippen LogP contribution in [0.15, 0.2) is 24.5 Å². The van der Waals surface area contributed by atoms with Gasteiger partial charge in [-0.05, 0) is 32.0 Å². The van der Waals surface area contributed by atoms with E-state index in [0.717, 1.165) is 0 Å². The van der Waals surface area contributed by atoms with Crippen molar-refractivity contribution in [2.24, 2.45) is 0 Å². The van der Waals surface area contributed by atoms with E-state index in [1.807, 2.05) is 13.8 Å². The van der Waals surface area contributed by atoms with Gasteiger partial charge in [0.05, 0.1) is 11.1 Å². The van der Waals surface area contributed by atoms with Gasteiger partial charge in [-0.25, -0.2) is 9.37 Å². The average Bonchev–Trinajstić information content (AvgIpc) is 2.38. The molecule has 0 amide bonds. The lowest BCUT2D eigenvalue weighted by molar-refractivity contribution is 0.234. The minimum Gasteiger partial charge on any atom is -0.473 e. The molecule has 2 rings (SSSR count). The third-order valence-electron chi connectivity index (χ3n) is 2.38. The lowest BCUT2D eigenvalue weighted by atomic mass is 10.3. The largest absolute Gasteiger partial charge is 0.473 e. The first-order valence-electron chi connectivity index (χ1n) is 5.96. The van der Waals surface area contributed by atoms with Gasteiger partial charge in [0.15, 0.2) is 5.82 Å². The van der Waals surface area contributed by atoms with Gasteiger partial charge in [0.25, 0.3) is 0 Å². The van der Waals surface area contributed by atoms with Crippen LogP contribution in [0.25, 0.3) is 0 Å². The SMILES string of the molecule is CC(C)Oc1ncnc(Nc2ccc(F)c(Cl)c2)c1N. The van der Waals surface area contributed by atoms with E-state index in [0.29, 0.717) is 17.4 Å². The van der Waals surface area contributed by atoms with Gasteiger partial charge in [-0.3, -0.25) is 0 Å². The normalized spacial score (nSPS) is 10.7. The summed E-state index contributed by atoms with van der Waals surface area (Å²) in [5.41, 5.74) is 6.77. The Balaban J connectivity index is 2.27. The van der Waals surface area contributed by atoms with Gasteiger partial charge >= 0.3 is 0 Å². The van der Waals surface area contributed by atoms with Crippen molar-refractivity contribution < 1.29 is 9.13 Å². The number of rotatable bonds is 4. The van der Waals surface area contributed by atoms with Crippen LogP contribution in [-0.2, 0) is 0 Å². The molecule has 2 aromatic rings. The van der Waals surface area contributed by atoms with E-state index in [9.17, 15) is 4.39 Å². The standard InChI is InChI=1S/C13H14ClFN4O/c1-7(2)20-13-11(16)12(17-6-18-13)19-8-3-4-10(15)9(14)5-8/h3-7H,16H2,1-2H3,(H,17,18,19). The molecule has 3 N–H and O–H groups in total. The van der Waals surface area contributed by atoms with Gasteiger partial charge in [0, 0.05) is 5.69 Å². The first kappa shape index (κ1) is 14.3. The molecule has 106 valence electrons. The molecule has 1 aromatic heterocycles. The lowest BCUT2D eigenvalue weighted by Gasteiger charge is -2.13. The summed E-state index contributed by atoms with van der Waals surface area (Å²) >= 11 is 5.72. The second-order valence-corrected chi connectivity index (χ2v) is 4.77. The van der Waals surface area contributed by atoms with Crippen molar-refractivity contribution in [2.75, 3.05) is 11.1 Å². The van der Waals surface area contributed by atoms with Crippen molar-refractivity contribution >= 4 is 28.8 Å². The van der Waals surface area contributed by atoms with Gasteiger partial charge < -0.3 is 15.8 Å². The molecule has 20 heavy (non-hydrogen) atoms. The second kappa shape index (κ2) is 5.92. The van der Waals surface area contributed by atoms with Gasteiger partial charge in [-0.15, -0.1) is 0 Å². The highest BCUT2D eigenvalue weighted by molar-refractivity contribution is 6.31. The molecule has 0 unspecified atom stereocenters. The van der Waals surface area contributed by atoms with E-state index in [4.69, 9.17) is 22.1 Å². The molecular formula is C13H14ClFN4O. The number of ether oxygens (including phenoxy) is 1. The molecule has 0 aliphatic heterocycles. The van der Waals surface area contributed by atoms with Crippen molar-refractivity contribution in [1.82, 2.24) is 9.97 Å². The minimum atomic E-state index is -0.489. The Morgan fingerprint density at radius 2 is 2.10 bits per heavy atom. The topological polar surface area (TPSA) is 73.1 Å². The summed E-state index contributed by atoms with van der Waals surface area (Å²) < 4.78 is 18.6. The first-order chi connectivity index (χ1) is 9.47. The fourth-order valence-corrected chi connectivity index (χ4v) is 1.69. The number of anilines is 3. The predicted molar refractivity (Wildman–Crippen MR) is 76.9 cm³/mol. The van der Waals surface area contributed by atoms with Crippen molar-refractivity contribution in [3.8, 4) is 5.88 Å². The van der Waals surface area contributed by atoms with E-state index in [-0.39, 0.29) is 16.8 Å². The summed E-state index contributed by atoms with van der Waals surface area (Å²) in [6.07, 6.45) is 1.28. The van der Waals surface area contributed by atoms with Crippen LogP contribution in [0.3, 0.4) is 0 Å². The van der Waals surface area contributed by atoms with Gasteiger partial charge in [-0.1, -0.05) is 11.6 Å². The molecule has 1 aromatic carbocycles. The Morgan fingerprint density at radius 3 is 2.75 bits per heavy atom. The summed E-state index contributed by atoms with van der Waals surface area (Å²) in [4.78, 5) is 8.00. The van der Waals surface area contributed by atoms with Crippen LogP contribution in [0.2, 0.25) is 5.02 Å². The maximum Gasteiger partial charge on any atom is 0.242 e. The lowest BCUT2D eigenvalue weighted by Crippen LogP contribution is -2.10. The quantitative estimate of drug-likeness (QED) is 0.905. The Morgan fingerprint density at radius 1 is 1.35 bits per heavy atom. The number of halogens is 2. The molecular weight excluding hydrogens is 283 g/mol. The second-order valence-electron chi connectivity index (χ2n) is 4.36. The summed E-state index contributed by atoms with van der Waals surface area (Å²) in [7, 11) is 0. The van der Waals surface area contributed by atoms with Crippen LogP contribution in [0.5, 0.6) is 5.88 Å². The highest BCUT2D eigenvalue weighted by Crippen LogP contribution is 2.29. The third kappa shape index (κ3) is 3.27. The summed E-state index contributed by atoms with van der Waals surface area (Å²) in [6, 6.07) is 4.24. The zero-order valence-corrected chi connectivity index (χ0v) is 11.8. The van der Waals surface area contributed by atoms with E-state index >= 15 is 0 Å². The summed E-state index contributed by atoms with van der Waals surface area (Å²) in [6.45, 7) is 3.74. The molecule has 0 atom stereocenters. The fraction of sp³-hybridized carbons (Fsp3) is 0.231. The number of hydrogen-bond acceptors (Lipinski definition) is 5. The van der Waals surface area contributed by atoms with Crippen LogP contribution in [-0.4, -0.2) is 16.1 Å². The van der Waals surface area contributed by atoms with Crippen molar-refractivity contribution in [3.05, 3.63) is 35.4 Å². The average molecular weight is 297 g/mol. The first-order valence-corrected chi connectivity index (χ1v) is 6.34. The Hall–Kier alpha value is -2.08. The molecule has 1 heterocycles. The van der Waals surface area contributed by atoms with Crippen LogP contribution < -0.4 is 15.8 Å². The molecule has 7 heteroatoms. The molecule has 0 bridgehead atoms. The van der Waals surface area contributed by atoms with E-state index < -0.39 is 5.82 Å². The number of hydrogen-bond donors (Lipinski definition) is 2. The van der Waals surface area contributed by atoms with Gasteiger partial charge in [0.1, 0.15) is 17.8 Å². The van der Waals surface area contributed by atoms with Gasteiger partial charge in [-0.2, -0.15) is 4.98 Å². The molecule has 0 fully saturated rings. The monoisotopic (exact) mass is 296 g/mol. The molecule has 0 aliphatic rings. The zero-order valence-electron chi connectivity index (χ0n) is 11.0. The van der Waals surface area contributed by atoms with E-state index in [1.54, 1.807) is 0 Å². The third-order valence-corrected chi connectivity index (χ3v) is 2.67. The fourth-order valence-electron chi connectivity index (χ4n) is 1.51. The molecule has 0 spiro atoms. The van der Waals surface area contributed by atoms with Crippen molar-refractivity contribution in [3.63, 3.8) is 0 Å². The van der Waals surface area contributed by atoms with Crippen molar-refractivity contribution in [1.29, 1.82) is 0 Å². The van der Waals surface area contributed by atoms with E-state index in [2.05, 4.69) is 15.3 Å². The predicted octanol–water partition coefficient (Wildman–Crippen LogP) is 3.38. The molecule has 0 aliphatic carbocycles. The highest BCUT2D eigenvalue weighted by Gasteiger charge is 2.11. The summed E-state index contributed by atoms with van der Waals surface area (Å²) in [5, 5.41) is 2.96. The van der Waals surface area contributed by atoms with Crippen molar-refractivity contribution in [2.45, 2.75) is 20.0 Å². The minimum absolute atomic E-state index is 0.0151. The maximum atomic E-state index is 13.1. The number of aromatic nitrogens is 2. The molecule has 5 nitrogen and oxygen atoms in total.